The van der Waals surface area contributed by atoms with Gasteiger partial charge in [0.15, 0.2) is 0 Å². The van der Waals surface area contributed by atoms with Crippen molar-refractivity contribution in [2.75, 3.05) is 13.6 Å². The molecular formula is C10H14N2O. The Balaban J connectivity index is 2.34. The lowest BCUT2D eigenvalue weighted by Gasteiger charge is -2.30. The highest BCUT2D eigenvalue weighted by molar-refractivity contribution is 5.18. The summed E-state index contributed by atoms with van der Waals surface area (Å²) in [5.74, 6) is 0. The van der Waals surface area contributed by atoms with Gasteiger partial charge in [-0.15, -0.1) is 0 Å². The molecule has 0 aromatic carbocycles. The molecule has 1 atom stereocenters. The molecule has 1 N–H and O–H groups in total. The molecule has 1 saturated heterocycles. The van der Waals surface area contributed by atoms with Gasteiger partial charge >= 0.3 is 0 Å². The second-order valence-corrected chi connectivity index (χ2v) is 3.58. The minimum absolute atomic E-state index is 0.783. The molecule has 1 aromatic rings. The van der Waals surface area contributed by atoms with Crippen LogP contribution in [0.1, 0.15) is 18.4 Å². The van der Waals surface area contributed by atoms with Crippen molar-refractivity contribution in [2.24, 2.45) is 0 Å². The Hall–Kier alpha value is -0.930. The number of hydrogen-bond acceptors (Lipinski definition) is 3. The number of nitrogens with zero attached hydrogens (tertiary/aromatic N) is 2. The summed E-state index contributed by atoms with van der Waals surface area (Å²) >= 11 is 0. The number of aromatic nitrogens is 1. The zero-order chi connectivity index (χ0) is 9.31. The molecule has 13 heavy (non-hydrogen) atoms. The van der Waals surface area contributed by atoms with Crippen molar-refractivity contribution in [3.63, 3.8) is 0 Å². The first kappa shape index (κ1) is 8.66. The Labute approximate surface area is 78.0 Å². The van der Waals surface area contributed by atoms with Crippen LogP contribution in [0.2, 0.25) is 0 Å². The summed E-state index contributed by atoms with van der Waals surface area (Å²) in [6, 6.07) is 3.79. The van der Waals surface area contributed by atoms with E-state index in [0.29, 0.717) is 0 Å². The highest BCUT2D eigenvalue weighted by Crippen LogP contribution is 2.34. The third-order valence-electron chi connectivity index (χ3n) is 2.77. The van der Waals surface area contributed by atoms with E-state index in [0.717, 1.165) is 24.9 Å². The van der Waals surface area contributed by atoms with Crippen LogP contribution in [-0.2, 0) is 5.72 Å². The van der Waals surface area contributed by atoms with Crippen LogP contribution in [0.3, 0.4) is 0 Å². The molecule has 1 aromatic heterocycles. The van der Waals surface area contributed by atoms with Crippen LogP contribution >= 0.6 is 0 Å². The molecule has 0 spiro atoms. The second-order valence-electron chi connectivity index (χ2n) is 3.58. The zero-order valence-corrected chi connectivity index (χ0v) is 7.77. The quantitative estimate of drug-likeness (QED) is 0.695. The van der Waals surface area contributed by atoms with Gasteiger partial charge in [0, 0.05) is 24.5 Å². The van der Waals surface area contributed by atoms with E-state index in [1.54, 1.807) is 12.4 Å². The fourth-order valence-electron chi connectivity index (χ4n) is 1.90. The Bertz CT molecular complexity index is 288. The SMILES string of the molecule is CN1CCC[C@@]1(O)c1cccnc1. The van der Waals surface area contributed by atoms with Crippen molar-refractivity contribution < 1.29 is 5.11 Å². The summed E-state index contributed by atoms with van der Waals surface area (Å²) in [6.07, 6.45) is 5.31. The average Bonchev–Trinajstić information content (AvgIpc) is 2.50. The minimum atomic E-state index is -0.783. The molecule has 2 rings (SSSR count). The standard InChI is InChI=1S/C10H14N2O/c1-12-7-3-5-10(12,13)9-4-2-6-11-8-9/h2,4,6,8,13H,3,5,7H2,1H3/t10-/m1/s1. The van der Waals surface area contributed by atoms with E-state index in [4.69, 9.17) is 0 Å². The second kappa shape index (κ2) is 3.09. The van der Waals surface area contributed by atoms with Crippen LogP contribution in [0, 0.1) is 0 Å². The Morgan fingerprint density at radius 2 is 2.46 bits per heavy atom. The van der Waals surface area contributed by atoms with Gasteiger partial charge in [-0.2, -0.15) is 0 Å². The van der Waals surface area contributed by atoms with Gasteiger partial charge in [0.1, 0.15) is 5.72 Å². The van der Waals surface area contributed by atoms with E-state index >= 15 is 0 Å². The van der Waals surface area contributed by atoms with Gasteiger partial charge in [0.05, 0.1) is 0 Å². The Morgan fingerprint density at radius 3 is 3.00 bits per heavy atom. The van der Waals surface area contributed by atoms with Crippen LogP contribution in [0.4, 0.5) is 0 Å². The van der Waals surface area contributed by atoms with Gasteiger partial charge in [0.25, 0.3) is 0 Å². The van der Waals surface area contributed by atoms with Crippen molar-refractivity contribution in [1.82, 2.24) is 9.88 Å². The predicted octanol–water partition coefficient (Wildman–Crippen LogP) is 0.952. The molecule has 0 aliphatic carbocycles. The van der Waals surface area contributed by atoms with Gasteiger partial charge in [-0.3, -0.25) is 9.88 Å². The molecule has 0 bridgehead atoms. The largest absolute Gasteiger partial charge is 0.371 e. The molecule has 0 unspecified atom stereocenters. The van der Waals surface area contributed by atoms with Crippen LogP contribution in [0.5, 0.6) is 0 Å². The van der Waals surface area contributed by atoms with Crippen LogP contribution in [0.15, 0.2) is 24.5 Å². The number of rotatable bonds is 1. The van der Waals surface area contributed by atoms with Gasteiger partial charge in [-0.25, -0.2) is 0 Å². The molecular weight excluding hydrogens is 164 g/mol. The van der Waals surface area contributed by atoms with E-state index in [1.807, 2.05) is 24.1 Å². The fourth-order valence-corrected chi connectivity index (χ4v) is 1.90. The molecule has 3 nitrogen and oxygen atoms in total. The van der Waals surface area contributed by atoms with Gasteiger partial charge in [-0.05, 0) is 26.0 Å². The van der Waals surface area contributed by atoms with Crippen molar-refractivity contribution in [3.05, 3.63) is 30.1 Å². The number of pyridine rings is 1. The van der Waals surface area contributed by atoms with Crippen molar-refractivity contribution >= 4 is 0 Å². The summed E-state index contributed by atoms with van der Waals surface area (Å²) in [7, 11) is 1.94. The summed E-state index contributed by atoms with van der Waals surface area (Å²) < 4.78 is 0. The monoisotopic (exact) mass is 178 g/mol. The van der Waals surface area contributed by atoms with Gasteiger partial charge < -0.3 is 5.11 Å². The first-order valence-electron chi connectivity index (χ1n) is 4.57. The molecule has 0 amide bonds. The minimum Gasteiger partial charge on any atom is -0.371 e. The number of hydrogen-bond donors (Lipinski definition) is 1. The maximum atomic E-state index is 10.3. The van der Waals surface area contributed by atoms with Crippen LogP contribution in [-0.4, -0.2) is 28.6 Å². The lowest BCUT2D eigenvalue weighted by atomic mass is 10.0. The highest BCUT2D eigenvalue weighted by Gasteiger charge is 2.38. The smallest absolute Gasteiger partial charge is 0.145 e. The normalized spacial score (nSPS) is 29.4. The molecule has 1 aliphatic rings. The molecule has 1 aliphatic heterocycles. The fraction of sp³-hybridized carbons (Fsp3) is 0.500. The summed E-state index contributed by atoms with van der Waals surface area (Å²) in [4.78, 5) is 6.00. The number of aliphatic hydroxyl groups is 1. The predicted molar refractivity (Wildman–Crippen MR) is 50.0 cm³/mol. The number of likely N-dealkylation sites (tertiary alicyclic amines) is 1. The third-order valence-corrected chi connectivity index (χ3v) is 2.77. The molecule has 0 radical (unpaired) electrons. The van der Waals surface area contributed by atoms with Gasteiger partial charge in [-0.1, -0.05) is 6.07 Å². The Morgan fingerprint density at radius 1 is 1.62 bits per heavy atom. The Kier molecular flexibility index (Phi) is 2.06. The van der Waals surface area contributed by atoms with E-state index < -0.39 is 5.72 Å². The molecule has 2 heterocycles. The summed E-state index contributed by atoms with van der Waals surface area (Å²) in [5.41, 5.74) is 0.115. The molecule has 1 fully saturated rings. The van der Waals surface area contributed by atoms with Crippen molar-refractivity contribution in [2.45, 2.75) is 18.6 Å². The molecule has 0 saturated carbocycles. The summed E-state index contributed by atoms with van der Waals surface area (Å²) in [5, 5.41) is 10.3. The highest BCUT2D eigenvalue weighted by atomic mass is 16.3. The van der Waals surface area contributed by atoms with Crippen LogP contribution in [0.25, 0.3) is 0 Å². The maximum Gasteiger partial charge on any atom is 0.145 e. The third kappa shape index (κ3) is 1.34. The summed E-state index contributed by atoms with van der Waals surface area (Å²) in [6.45, 7) is 0.950. The van der Waals surface area contributed by atoms with E-state index in [9.17, 15) is 5.11 Å². The zero-order valence-electron chi connectivity index (χ0n) is 7.77. The average molecular weight is 178 g/mol. The van der Waals surface area contributed by atoms with Crippen molar-refractivity contribution in [3.8, 4) is 0 Å². The first-order valence-corrected chi connectivity index (χ1v) is 4.57. The lowest BCUT2D eigenvalue weighted by molar-refractivity contribution is -0.0738. The van der Waals surface area contributed by atoms with Gasteiger partial charge in [0.2, 0.25) is 0 Å². The van der Waals surface area contributed by atoms with Crippen LogP contribution < -0.4 is 0 Å². The van der Waals surface area contributed by atoms with E-state index in [1.165, 1.54) is 0 Å². The topological polar surface area (TPSA) is 36.4 Å². The first-order chi connectivity index (χ1) is 6.23. The maximum absolute atomic E-state index is 10.3. The molecule has 70 valence electrons. The molecule has 3 heteroatoms. The van der Waals surface area contributed by atoms with E-state index in [2.05, 4.69) is 4.98 Å². The van der Waals surface area contributed by atoms with Crippen molar-refractivity contribution in [1.29, 1.82) is 0 Å². The van der Waals surface area contributed by atoms with E-state index in [-0.39, 0.29) is 0 Å². The lowest BCUT2D eigenvalue weighted by Crippen LogP contribution is -2.38.